The number of nitro groups is 1. The second-order valence-electron chi connectivity index (χ2n) is 5.24. The maximum atomic E-state index is 12.1. The maximum Gasteiger partial charge on any atom is 0.325 e. The summed E-state index contributed by atoms with van der Waals surface area (Å²) in [4.78, 5) is 34.1. The number of carbonyl (C=O) groups is 2. The second kappa shape index (κ2) is 9.20. The van der Waals surface area contributed by atoms with Crippen LogP contribution in [0.4, 0.5) is 5.69 Å². The molecule has 10 heteroatoms. The minimum Gasteiger partial charge on any atom is -0.490 e. The lowest BCUT2D eigenvalue weighted by molar-refractivity contribution is -0.385. The van der Waals surface area contributed by atoms with E-state index < -0.39 is 23.3 Å². The molecule has 0 fully saturated rings. The molecule has 2 aromatic rings. The van der Waals surface area contributed by atoms with Crippen LogP contribution in [0.5, 0.6) is 5.75 Å². The zero-order chi connectivity index (χ0) is 20.0. The first-order chi connectivity index (χ1) is 12.8. The number of hydrogen-bond donors (Lipinski definition) is 1. The number of halogens is 2. The van der Waals surface area contributed by atoms with Crippen LogP contribution < -0.4 is 10.1 Å². The van der Waals surface area contributed by atoms with E-state index >= 15 is 0 Å². The largest absolute Gasteiger partial charge is 0.490 e. The standard InChI is InChI=1S/C17H14Cl2N2O6/c1-26-15-5-3-11(7-14(15)21(24)25)17(23)20-8-16(22)27-9-10-2-4-12(18)13(19)6-10/h2-7H,8-9H2,1H3,(H,20,23). The Hall–Kier alpha value is -2.84. The quantitative estimate of drug-likeness (QED) is 0.424. The Morgan fingerprint density at radius 2 is 1.89 bits per heavy atom. The SMILES string of the molecule is COc1ccc(C(=O)NCC(=O)OCc2ccc(Cl)c(Cl)c2)cc1[N+](=O)[O-]. The third-order valence-electron chi connectivity index (χ3n) is 3.41. The molecule has 0 unspecified atom stereocenters. The summed E-state index contributed by atoms with van der Waals surface area (Å²) >= 11 is 11.7. The lowest BCUT2D eigenvalue weighted by Gasteiger charge is -2.08. The summed E-state index contributed by atoms with van der Waals surface area (Å²) < 4.78 is 9.89. The first-order valence-electron chi connectivity index (χ1n) is 7.52. The van der Waals surface area contributed by atoms with Crippen LogP contribution in [0, 0.1) is 10.1 Å². The topological polar surface area (TPSA) is 108 Å². The zero-order valence-corrected chi connectivity index (χ0v) is 15.5. The predicted octanol–water partition coefficient (Wildman–Crippen LogP) is 3.38. The molecule has 0 aromatic heterocycles. The van der Waals surface area contributed by atoms with Crippen LogP contribution in [0.15, 0.2) is 36.4 Å². The van der Waals surface area contributed by atoms with Crippen molar-refractivity contribution in [2.75, 3.05) is 13.7 Å². The highest BCUT2D eigenvalue weighted by atomic mass is 35.5. The molecule has 0 bridgehead atoms. The van der Waals surface area contributed by atoms with Crippen LogP contribution in [0.1, 0.15) is 15.9 Å². The number of hydrogen-bond acceptors (Lipinski definition) is 6. The summed E-state index contributed by atoms with van der Waals surface area (Å²) in [6, 6.07) is 8.50. The van der Waals surface area contributed by atoms with E-state index in [4.69, 9.17) is 32.7 Å². The molecule has 1 amide bonds. The molecule has 2 aromatic carbocycles. The Bertz CT molecular complexity index is 888. The van der Waals surface area contributed by atoms with Crippen LogP contribution in [0.3, 0.4) is 0 Å². The molecule has 0 spiro atoms. The number of rotatable bonds is 7. The molecule has 0 aliphatic rings. The van der Waals surface area contributed by atoms with Gasteiger partial charge in [-0.1, -0.05) is 29.3 Å². The number of methoxy groups -OCH3 is 1. The molecule has 1 N–H and O–H groups in total. The summed E-state index contributed by atoms with van der Waals surface area (Å²) in [6.45, 7) is -0.445. The van der Waals surface area contributed by atoms with Crippen molar-refractivity contribution in [3.63, 3.8) is 0 Å². The third-order valence-corrected chi connectivity index (χ3v) is 4.15. The summed E-state index contributed by atoms with van der Waals surface area (Å²) in [7, 11) is 1.28. The van der Waals surface area contributed by atoms with E-state index in [0.717, 1.165) is 6.07 Å². The van der Waals surface area contributed by atoms with Gasteiger partial charge in [0.05, 0.1) is 22.1 Å². The molecular formula is C17H14Cl2N2O6. The average Bonchev–Trinajstić information content (AvgIpc) is 2.66. The van der Waals surface area contributed by atoms with Crippen LogP contribution in [-0.4, -0.2) is 30.5 Å². The molecule has 0 aliphatic heterocycles. The summed E-state index contributed by atoms with van der Waals surface area (Å²) in [5, 5.41) is 14.0. The molecule has 0 aliphatic carbocycles. The fraction of sp³-hybridized carbons (Fsp3) is 0.176. The van der Waals surface area contributed by atoms with Gasteiger partial charge in [-0.15, -0.1) is 0 Å². The van der Waals surface area contributed by atoms with Gasteiger partial charge in [-0.25, -0.2) is 0 Å². The van der Waals surface area contributed by atoms with Crippen LogP contribution in [-0.2, 0) is 16.1 Å². The number of ether oxygens (including phenoxy) is 2. The lowest BCUT2D eigenvalue weighted by atomic mass is 10.1. The molecule has 0 atom stereocenters. The zero-order valence-electron chi connectivity index (χ0n) is 14.0. The molecule has 0 radical (unpaired) electrons. The van der Waals surface area contributed by atoms with Gasteiger partial charge < -0.3 is 14.8 Å². The van der Waals surface area contributed by atoms with Gasteiger partial charge in [-0.05, 0) is 29.8 Å². The monoisotopic (exact) mass is 412 g/mol. The summed E-state index contributed by atoms with van der Waals surface area (Å²) in [6.07, 6.45) is 0. The van der Waals surface area contributed by atoms with Crippen molar-refractivity contribution in [1.82, 2.24) is 5.32 Å². The predicted molar refractivity (Wildman–Crippen MR) is 98.2 cm³/mol. The number of carbonyl (C=O) groups excluding carboxylic acids is 2. The molecule has 2 rings (SSSR count). The Kier molecular flexibility index (Phi) is 6.98. The number of benzene rings is 2. The third kappa shape index (κ3) is 5.57. The number of amides is 1. The smallest absolute Gasteiger partial charge is 0.325 e. The molecule has 142 valence electrons. The molecule has 0 saturated heterocycles. The van der Waals surface area contributed by atoms with E-state index in [1.165, 1.54) is 19.2 Å². The summed E-state index contributed by atoms with van der Waals surface area (Å²) in [5.74, 6) is -1.32. The van der Waals surface area contributed by atoms with Gasteiger partial charge in [-0.2, -0.15) is 0 Å². The Morgan fingerprint density at radius 3 is 2.52 bits per heavy atom. The van der Waals surface area contributed by atoms with E-state index in [-0.39, 0.29) is 23.6 Å². The molecule has 8 nitrogen and oxygen atoms in total. The highest BCUT2D eigenvalue weighted by molar-refractivity contribution is 6.42. The first kappa shape index (κ1) is 20.5. The van der Waals surface area contributed by atoms with Crippen LogP contribution in [0.2, 0.25) is 10.0 Å². The maximum absolute atomic E-state index is 12.1. The molecule has 0 saturated carbocycles. The van der Waals surface area contributed by atoms with Crippen LogP contribution in [0.25, 0.3) is 0 Å². The van der Waals surface area contributed by atoms with Crippen molar-refractivity contribution in [3.05, 3.63) is 67.7 Å². The van der Waals surface area contributed by atoms with Gasteiger partial charge in [0.2, 0.25) is 0 Å². The van der Waals surface area contributed by atoms with Crippen molar-refractivity contribution >= 4 is 40.8 Å². The highest BCUT2D eigenvalue weighted by Crippen LogP contribution is 2.27. The number of nitrogens with zero attached hydrogens (tertiary/aromatic N) is 1. The van der Waals surface area contributed by atoms with Crippen molar-refractivity contribution in [3.8, 4) is 5.75 Å². The van der Waals surface area contributed by atoms with Gasteiger partial charge in [0.15, 0.2) is 5.75 Å². The van der Waals surface area contributed by atoms with Crippen LogP contribution >= 0.6 is 23.2 Å². The van der Waals surface area contributed by atoms with Gasteiger partial charge in [0.1, 0.15) is 13.2 Å². The van der Waals surface area contributed by atoms with Crippen molar-refractivity contribution in [2.24, 2.45) is 0 Å². The Morgan fingerprint density at radius 1 is 1.15 bits per heavy atom. The fourth-order valence-electron chi connectivity index (χ4n) is 2.07. The average molecular weight is 413 g/mol. The van der Waals surface area contributed by atoms with Gasteiger partial charge in [0.25, 0.3) is 5.91 Å². The Balaban J connectivity index is 1.91. The van der Waals surface area contributed by atoms with E-state index in [1.54, 1.807) is 18.2 Å². The van der Waals surface area contributed by atoms with Gasteiger partial charge in [0, 0.05) is 11.6 Å². The number of nitrogens with one attached hydrogen (secondary N) is 1. The first-order valence-corrected chi connectivity index (χ1v) is 8.27. The molecule has 0 heterocycles. The van der Waals surface area contributed by atoms with E-state index in [9.17, 15) is 19.7 Å². The lowest BCUT2D eigenvalue weighted by Crippen LogP contribution is -2.30. The molecular weight excluding hydrogens is 399 g/mol. The van der Waals surface area contributed by atoms with E-state index in [0.29, 0.717) is 15.6 Å². The normalized spacial score (nSPS) is 10.2. The highest BCUT2D eigenvalue weighted by Gasteiger charge is 2.18. The summed E-state index contributed by atoms with van der Waals surface area (Å²) in [5.41, 5.74) is 0.294. The number of esters is 1. The fourth-order valence-corrected chi connectivity index (χ4v) is 2.39. The van der Waals surface area contributed by atoms with E-state index in [2.05, 4.69) is 5.32 Å². The minimum atomic E-state index is -0.683. The van der Waals surface area contributed by atoms with Gasteiger partial charge >= 0.3 is 11.7 Å². The molecule has 27 heavy (non-hydrogen) atoms. The van der Waals surface area contributed by atoms with E-state index in [1.807, 2.05) is 0 Å². The second-order valence-corrected chi connectivity index (χ2v) is 6.05. The van der Waals surface area contributed by atoms with Gasteiger partial charge in [-0.3, -0.25) is 19.7 Å². The van der Waals surface area contributed by atoms with Crippen molar-refractivity contribution < 1.29 is 24.0 Å². The minimum absolute atomic E-state index is 0.0137. The van der Waals surface area contributed by atoms with Crippen molar-refractivity contribution in [1.29, 1.82) is 0 Å². The Labute approximate surface area is 164 Å². The number of nitro benzene ring substituents is 1. The van der Waals surface area contributed by atoms with Crippen molar-refractivity contribution in [2.45, 2.75) is 6.61 Å².